The molecule has 0 saturated heterocycles. The number of fused-ring (bicyclic) bond motifs is 1. The summed E-state index contributed by atoms with van der Waals surface area (Å²) in [6.45, 7) is 13.4. The van der Waals surface area contributed by atoms with Crippen LogP contribution in [0.3, 0.4) is 0 Å². The van der Waals surface area contributed by atoms with Crippen molar-refractivity contribution in [3.8, 4) is 0 Å². The Bertz CT molecular complexity index is 1020. The van der Waals surface area contributed by atoms with E-state index in [0.717, 1.165) is 19.3 Å². The lowest BCUT2D eigenvalue weighted by Gasteiger charge is -2.32. The molecule has 2 atom stereocenters. The van der Waals surface area contributed by atoms with E-state index in [1.54, 1.807) is 0 Å². The van der Waals surface area contributed by atoms with Gasteiger partial charge in [0.2, 0.25) is 0 Å². The lowest BCUT2D eigenvalue weighted by atomic mass is 9.72. The molecule has 4 rings (SSSR count). The van der Waals surface area contributed by atoms with Crippen LogP contribution in [0.5, 0.6) is 0 Å². The van der Waals surface area contributed by atoms with Crippen LogP contribution in [0.4, 0.5) is 0 Å². The summed E-state index contributed by atoms with van der Waals surface area (Å²) in [4.78, 5) is 0. The maximum atomic E-state index is 4.57. The second-order valence-electron chi connectivity index (χ2n) is 8.29. The van der Waals surface area contributed by atoms with E-state index in [4.69, 9.17) is 0 Å². The summed E-state index contributed by atoms with van der Waals surface area (Å²) in [6.07, 6.45) is 19.0. The molecule has 0 N–H and O–H groups in total. The van der Waals surface area contributed by atoms with E-state index in [-0.39, 0.29) is 0 Å². The van der Waals surface area contributed by atoms with Crippen LogP contribution >= 0.6 is 0 Å². The number of hydrogen-bond acceptors (Lipinski definition) is 0. The molecule has 1 aromatic carbocycles. The third-order valence-electron chi connectivity index (χ3n) is 6.36. The lowest BCUT2D eigenvalue weighted by molar-refractivity contribution is 0.593. The van der Waals surface area contributed by atoms with Gasteiger partial charge in [-0.1, -0.05) is 104 Å². The monoisotopic (exact) mass is 378 g/mol. The zero-order valence-corrected chi connectivity index (χ0v) is 17.6. The zero-order valence-electron chi connectivity index (χ0n) is 17.6. The quantitative estimate of drug-likeness (QED) is 0.488. The molecule has 0 heterocycles. The van der Waals surface area contributed by atoms with Crippen molar-refractivity contribution in [2.45, 2.75) is 33.1 Å². The number of allylic oxidation sites excluding steroid dienone is 13. The van der Waals surface area contributed by atoms with Gasteiger partial charge in [-0.3, -0.25) is 0 Å². The second kappa shape index (κ2) is 8.25. The maximum Gasteiger partial charge on any atom is 0.0155 e. The molecule has 0 radical (unpaired) electrons. The molecule has 0 aliphatic heterocycles. The zero-order chi connectivity index (χ0) is 20.4. The molecule has 0 amide bonds. The van der Waals surface area contributed by atoms with Gasteiger partial charge in [0.25, 0.3) is 0 Å². The van der Waals surface area contributed by atoms with E-state index in [0.29, 0.717) is 11.8 Å². The summed E-state index contributed by atoms with van der Waals surface area (Å²) in [5.41, 5.74) is 10.8. The molecule has 0 bridgehead atoms. The van der Waals surface area contributed by atoms with E-state index in [1.165, 1.54) is 44.6 Å². The number of rotatable bonds is 5. The first-order valence-corrected chi connectivity index (χ1v) is 10.7. The standard InChI is InChI=1S/C29H30/c1-5-20(2)28-21(3)17-26-19-25(18-24-13-9-10-14-24)22(4)29(26)27(28)16-15-23-11-7-6-8-12-23/h6-13,15-18,27,29H,2,4-5,14,19H2,1,3H3/b16-15+,25-18-. The Hall–Kier alpha value is -2.86. The van der Waals surface area contributed by atoms with E-state index < -0.39 is 0 Å². The van der Waals surface area contributed by atoms with E-state index >= 15 is 0 Å². The fourth-order valence-corrected chi connectivity index (χ4v) is 4.87. The minimum absolute atomic E-state index is 0.303. The van der Waals surface area contributed by atoms with Crippen LogP contribution in [0.15, 0.2) is 119 Å². The normalized spacial score (nSPS) is 25.0. The van der Waals surface area contributed by atoms with Crippen molar-refractivity contribution in [2.75, 3.05) is 0 Å². The van der Waals surface area contributed by atoms with Crippen LogP contribution in [-0.2, 0) is 0 Å². The molecular weight excluding hydrogens is 348 g/mol. The third kappa shape index (κ3) is 3.85. The minimum atomic E-state index is 0.303. The van der Waals surface area contributed by atoms with Gasteiger partial charge >= 0.3 is 0 Å². The van der Waals surface area contributed by atoms with E-state index in [2.05, 4.69) is 99.9 Å². The Balaban J connectivity index is 1.72. The van der Waals surface area contributed by atoms with Crippen LogP contribution in [0.25, 0.3) is 6.08 Å². The molecule has 0 aromatic heterocycles. The molecule has 0 nitrogen and oxygen atoms in total. The number of hydrogen-bond donors (Lipinski definition) is 0. The van der Waals surface area contributed by atoms with Gasteiger partial charge < -0.3 is 0 Å². The summed E-state index contributed by atoms with van der Waals surface area (Å²) in [6, 6.07) is 10.6. The molecule has 3 aliphatic rings. The molecule has 1 aromatic rings. The van der Waals surface area contributed by atoms with E-state index in [1.807, 2.05) is 0 Å². The highest BCUT2D eigenvalue weighted by atomic mass is 14.4. The van der Waals surface area contributed by atoms with E-state index in [9.17, 15) is 0 Å². The van der Waals surface area contributed by atoms with Crippen molar-refractivity contribution in [2.24, 2.45) is 11.8 Å². The molecule has 146 valence electrons. The Kier molecular flexibility index (Phi) is 5.53. The van der Waals surface area contributed by atoms with Crippen molar-refractivity contribution in [1.29, 1.82) is 0 Å². The first-order chi connectivity index (χ1) is 14.1. The largest absolute Gasteiger partial charge is 0.0955 e. The average Bonchev–Trinajstić information content (AvgIpc) is 3.34. The molecule has 0 spiro atoms. The highest BCUT2D eigenvalue weighted by Crippen LogP contribution is 2.51. The van der Waals surface area contributed by atoms with Crippen molar-refractivity contribution < 1.29 is 0 Å². The highest BCUT2D eigenvalue weighted by molar-refractivity contribution is 5.61. The van der Waals surface area contributed by atoms with Gasteiger partial charge in [0.05, 0.1) is 0 Å². The van der Waals surface area contributed by atoms with Gasteiger partial charge in [-0.15, -0.1) is 0 Å². The summed E-state index contributed by atoms with van der Waals surface area (Å²) < 4.78 is 0. The van der Waals surface area contributed by atoms with Gasteiger partial charge in [-0.2, -0.15) is 0 Å². The highest BCUT2D eigenvalue weighted by Gasteiger charge is 2.38. The summed E-state index contributed by atoms with van der Waals surface area (Å²) >= 11 is 0. The SMILES string of the molecule is C=C(CC)C1=C(C)C=C2C/C(=C/C3=CC=CC3)C(=C)C2C1/C=C/c1ccccc1. The molecular formula is C29H30. The summed E-state index contributed by atoms with van der Waals surface area (Å²) in [5.74, 6) is 0.648. The second-order valence-corrected chi connectivity index (χ2v) is 8.29. The fraction of sp³-hybridized carbons (Fsp3) is 0.241. The maximum absolute atomic E-state index is 4.57. The molecule has 29 heavy (non-hydrogen) atoms. The van der Waals surface area contributed by atoms with Gasteiger partial charge in [-0.05, 0) is 59.6 Å². The van der Waals surface area contributed by atoms with Gasteiger partial charge in [0, 0.05) is 11.8 Å². The first-order valence-electron chi connectivity index (χ1n) is 10.7. The van der Waals surface area contributed by atoms with Crippen molar-refractivity contribution in [3.63, 3.8) is 0 Å². The molecule has 2 unspecified atom stereocenters. The summed E-state index contributed by atoms with van der Waals surface area (Å²) in [5, 5.41) is 0. The number of benzene rings is 1. The summed E-state index contributed by atoms with van der Waals surface area (Å²) in [7, 11) is 0. The van der Waals surface area contributed by atoms with Gasteiger partial charge in [0.1, 0.15) is 0 Å². The molecule has 0 heteroatoms. The minimum Gasteiger partial charge on any atom is -0.0955 e. The Morgan fingerprint density at radius 1 is 1.21 bits per heavy atom. The van der Waals surface area contributed by atoms with Crippen LogP contribution < -0.4 is 0 Å². The lowest BCUT2D eigenvalue weighted by Crippen LogP contribution is -2.20. The average molecular weight is 379 g/mol. The van der Waals surface area contributed by atoms with Crippen molar-refractivity contribution >= 4 is 6.08 Å². The topological polar surface area (TPSA) is 0 Å². The molecule has 3 aliphatic carbocycles. The van der Waals surface area contributed by atoms with Gasteiger partial charge in [0.15, 0.2) is 0 Å². The first kappa shape index (κ1) is 19.5. The fourth-order valence-electron chi connectivity index (χ4n) is 4.87. The van der Waals surface area contributed by atoms with Crippen molar-refractivity contribution in [3.05, 3.63) is 125 Å². The Morgan fingerprint density at radius 3 is 2.69 bits per heavy atom. The van der Waals surface area contributed by atoms with Crippen LogP contribution in [0.2, 0.25) is 0 Å². The van der Waals surface area contributed by atoms with Crippen LogP contribution in [-0.4, -0.2) is 0 Å². The molecule has 1 fully saturated rings. The predicted octanol–water partition coefficient (Wildman–Crippen LogP) is 7.93. The molecule has 1 saturated carbocycles. The smallest absolute Gasteiger partial charge is 0.0155 e. The Morgan fingerprint density at radius 2 is 2.00 bits per heavy atom. The third-order valence-corrected chi connectivity index (χ3v) is 6.36. The van der Waals surface area contributed by atoms with Crippen LogP contribution in [0, 0.1) is 11.8 Å². The van der Waals surface area contributed by atoms with Gasteiger partial charge in [-0.25, -0.2) is 0 Å². The predicted molar refractivity (Wildman–Crippen MR) is 126 cm³/mol. The Labute approximate surface area is 175 Å². The van der Waals surface area contributed by atoms with Crippen LogP contribution in [0.1, 0.15) is 38.7 Å². The van der Waals surface area contributed by atoms with Crippen molar-refractivity contribution in [1.82, 2.24) is 0 Å².